The lowest BCUT2D eigenvalue weighted by molar-refractivity contribution is 1.23. The first kappa shape index (κ1) is 37.4. The summed E-state index contributed by atoms with van der Waals surface area (Å²) in [5.74, 6) is 0. The van der Waals surface area contributed by atoms with E-state index in [-0.39, 0.29) is 0 Å². The van der Waals surface area contributed by atoms with E-state index in [1.165, 1.54) is 44.5 Å². The fraction of sp³-hybridized carbons (Fsp3) is 0.0588. The topological polar surface area (TPSA) is 51.6 Å². The Bertz CT molecular complexity index is 2760. The van der Waals surface area contributed by atoms with Gasteiger partial charge in [0.2, 0.25) is 0 Å². The number of pyridine rings is 4. The maximum atomic E-state index is 4.90. The van der Waals surface area contributed by atoms with E-state index >= 15 is 0 Å². The third kappa shape index (κ3) is 7.55. The smallest absolute Gasteiger partial charge is 0.134 e. The van der Waals surface area contributed by atoms with Crippen molar-refractivity contribution in [2.24, 2.45) is 0 Å². The molecule has 0 aliphatic heterocycles. The van der Waals surface area contributed by atoms with Gasteiger partial charge < -0.3 is 0 Å². The Kier molecular flexibility index (Phi) is 11.2. The molecule has 1 atom stereocenters. The Morgan fingerprint density at radius 2 is 0.632 bits per heavy atom. The normalized spacial score (nSPS) is 10.8. The fourth-order valence-electron chi connectivity index (χ4n) is 7.63. The molecular formula is C51H41BN4P. The van der Waals surface area contributed by atoms with E-state index in [0.29, 0.717) is 0 Å². The highest BCUT2D eigenvalue weighted by Crippen LogP contribution is 2.44. The molecule has 0 bridgehead atoms. The number of aromatic nitrogens is 4. The number of hydrogen-bond donors (Lipinski definition) is 0. The second-order valence-electron chi connectivity index (χ2n) is 13.8. The highest BCUT2D eigenvalue weighted by atomic mass is 31.0. The quantitative estimate of drug-likeness (QED) is 0.102. The number of benzene rings is 6. The predicted octanol–water partition coefficient (Wildman–Crippen LogP) is 13.4. The van der Waals surface area contributed by atoms with Gasteiger partial charge in [-0.05, 0) is 82.6 Å². The van der Waals surface area contributed by atoms with Crippen LogP contribution in [-0.2, 0) is 0 Å². The molecule has 57 heavy (non-hydrogen) atoms. The molecule has 0 fully saturated rings. The van der Waals surface area contributed by atoms with Crippen LogP contribution >= 0.6 is 9.12 Å². The average Bonchev–Trinajstić information content (AvgIpc) is 3.27. The van der Waals surface area contributed by atoms with Gasteiger partial charge in [-0.2, -0.15) is 9.12 Å². The third-order valence-electron chi connectivity index (χ3n) is 9.96. The Balaban J connectivity index is 0.000000150. The molecule has 0 N–H and O–H groups in total. The lowest BCUT2D eigenvalue weighted by Crippen LogP contribution is -1.96. The molecule has 0 saturated heterocycles. The van der Waals surface area contributed by atoms with Gasteiger partial charge in [0.25, 0.3) is 0 Å². The van der Waals surface area contributed by atoms with E-state index in [2.05, 4.69) is 177 Å². The molecule has 0 aliphatic carbocycles. The summed E-state index contributed by atoms with van der Waals surface area (Å²) in [6.45, 7) is 7.95. The van der Waals surface area contributed by atoms with Gasteiger partial charge in [0.15, 0.2) is 0 Å². The summed E-state index contributed by atoms with van der Waals surface area (Å²) in [6.07, 6.45) is 3.68. The predicted molar refractivity (Wildman–Crippen MR) is 247 cm³/mol. The minimum absolute atomic E-state index is 0.946. The van der Waals surface area contributed by atoms with Crippen molar-refractivity contribution in [3.63, 3.8) is 0 Å². The van der Waals surface area contributed by atoms with Crippen LogP contribution in [0.25, 0.3) is 88.1 Å². The monoisotopic (exact) mass is 751 g/mol. The number of rotatable bonds is 4. The van der Waals surface area contributed by atoms with Gasteiger partial charge in [-0.25, -0.2) is 0 Å². The van der Waals surface area contributed by atoms with Crippen LogP contribution in [-0.4, -0.2) is 26.9 Å². The second kappa shape index (κ2) is 17.1. The molecule has 0 spiro atoms. The highest BCUT2D eigenvalue weighted by Gasteiger charge is 2.20. The van der Waals surface area contributed by atoms with Crippen molar-refractivity contribution in [1.82, 2.24) is 19.9 Å². The van der Waals surface area contributed by atoms with Crippen LogP contribution in [0.5, 0.6) is 0 Å². The lowest BCUT2D eigenvalue weighted by Gasteiger charge is -2.18. The van der Waals surface area contributed by atoms with Crippen molar-refractivity contribution >= 4 is 59.7 Å². The summed E-state index contributed by atoms with van der Waals surface area (Å²) in [4.78, 5) is 19.1. The van der Waals surface area contributed by atoms with E-state index in [4.69, 9.17) is 9.97 Å². The minimum Gasteiger partial charge on any atom is -0.254 e. The molecule has 10 aromatic rings. The van der Waals surface area contributed by atoms with E-state index in [1.54, 1.807) is 0 Å². The summed E-state index contributed by atoms with van der Waals surface area (Å²) in [5.41, 5.74) is 15.5. The second-order valence-corrected chi connectivity index (χ2v) is 14.5. The Morgan fingerprint density at radius 3 is 0.930 bits per heavy atom. The number of hydrogen-bond acceptors (Lipinski definition) is 4. The Morgan fingerprint density at radius 1 is 0.351 bits per heavy atom. The molecule has 0 amide bonds. The van der Waals surface area contributed by atoms with Crippen LogP contribution in [0.2, 0.25) is 6.82 Å². The largest absolute Gasteiger partial charge is 0.254 e. The van der Waals surface area contributed by atoms with Crippen molar-refractivity contribution < 1.29 is 0 Å². The highest BCUT2D eigenvalue weighted by molar-refractivity contribution is 7.55. The molecule has 273 valence electrons. The van der Waals surface area contributed by atoms with Crippen LogP contribution in [0.1, 0.15) is 11.4 Å². The van der Waals surface area contributed by atoms with Crippen LogP contribution in [0, 0.1) is 13.8 Å². The first-order valence-corrected chi connectivity index (χ1v) is 19.8. The van der Waals surface area contributed by atoms with Gasteiger partial charge >= 0.3 is 0 Å². The molecule has 6 aromatic carbocycles. The summed E-state index contributed by atoms with van der Waals surface area (Å²) in [6, 6.07) is 59.1. The maximum Gasteiger partial charge on any atom is 0.134 e. The van der Waals surface area contributed by atoms with Crippen molar-refractivity contribution in [3.05, 3.63) is 194 Å². The van der Waals surface area contributed by atoms with E-state index < -0.39 is 0 Å². The van der Waals surface area contributed by atoms with Crippen LogP contribution in [0.3, 0.4) is 0 Å². The Hall–Kier alpha value is -6.55. The van der Waals surface area contributed by atoms with Crippen molar-refractivity contribution in [3.8, 4) is 44.5 Å². The fourth-order valence-corrected chi connectivity index (χ4v) is 7.63. The van der Waals surface area contributed by atoms with Gasteiger partial charge in [0.1, 0.15) is 7.00 Å². The van der Waals surface area contributed by atoms with Crippen molar-refractivity contribution in [2.75, 3.05) is 0 Å². The zero-order chi connectivity index (χ0) is 39.1. The van der Waals surface area contributed by atoms with Gasteiger partial charge in [0.05, 0.1) is 22.1 Å². The van der Waals surface area contributed by atoms with Crippen molar-refractivity contribution in [1.29, 1.82) is 0 Å². The number of fused-ring (bicyclic) bond motifs is 6. The van der Waals surface area contributed by atoms with Crippen LogP contribution < -0.4 is 0 Å². The van der Waals surface area contributed by atoms with E-state index in [1.807, 2.05) is 52.2 Å². The molecule has 6 heteroatoms. The SMILES string of the molecule is C[B]P.Cc1ccc2c(-c3ccccc3)c(-c3ccccc3)c3ccc(C)nc3c2n1.c1ccc(-c2c(-c3ccccc3)c3cccnc3c3ncccc23)cc1. The Labute approximate surface area is 337 Å². The molecule has 1 unspecified atom stereocenters. The summed E-state index contributed by atoms with van der Waals surface area (Å²) in [7, 11) is 2.45. The molecule has 4 heterocycles. The van der Waals surface area contributed by atoms with Crippen molar-refractivity contribution in [2.45, 2.75) is 20.7 Å². The van der Waals surface area contributed by atoms with Crippen LogP contribution in [0.4, 0.5) is 0 Å². The first-order valence-electron chi connectivity index (χ1n) is 19.1. The minimum atomic E-state index is 0.946. The van der Waals surface area contributed by atoms with Crippen LogP contribution in [0.15, 0.2) is 182 Å². The zero-order valence-electron chi connectivity index (χ0n) is 32.3. The standard InChI is InChI=1S/C26H20N2.C24H16N2.CH5BP/c1-17-13-15-21-23(19-9-5-3-6-10-19)24(20-11-7-4-8-12-20)22-16-14-18(2)28-26(22)25(21)27-17;1-3-9-17(10-4-1)21-19-13-7-15-25-23(19)24-20(14-8-16-26-24)22(21)18-11-5-2-6-12-18;1-2-3/h3-16H,1-2H3;1-16H;3H2,1H3. The molecule has 0 saturated carbocycles. The van der Waals surface area contributed by atoms with Gasteiger partial charge in [-0.3, -0.25) is 19.9 Å². The average molecular weight is 752 g/mol. The first-order chi connectivity index (χ1) is 28.1. The number of nitrogens with zero attached hydrogens (tertiary/aromatic N) is 4. The zero-order valence-corrected chi connectivity index (χ0v) is 33.4. The molecule has 10 rings (SSSR count). The molecule has 4 aromatic heterocycles. The third-order valence-corrected chi connectivity index (χ3v) is 9.96. The van der Waals surface area contributed by atoms with E-state index in [0.717, 1.165) is 55.0 Å². The molecule has 1 radical (unpaired) electrons. The van der Waals surface area contributed by atoms with Gasteiger partial charge in [-0.15, -0.1) is 0 Å². The van der Waals surface area contributed by atoms with Gasteiger partial charge in [-0.1, -0.05) is 152 Å². The maximum absolute atomic E-state index is 4.90. The lowest BCUT2D eigenvalue weighted by atomic mass is 9.87. The summed E-state index contributed by atoms with van der Waals surface area (Å²) >= 11 is 0. The molecule has 0 aliphatic rings. The molecule has 4 nitrogen and oxygen atoms in total. The number of aryl methyl sites for hydroxylation is 2. The van der Waals surface area contributed by atoms with Gasteiger partial charge in [0, 0.05) is 45.3 Å². The van der Waals surface area contributed by atoms with E-state index in [9.17, 15) is 0 Å². The summed E-state index contributed by atoms with van der Waals surface area (Å²) in [5, 5.41) is 4.54. The molecular weight excluding hydrogens is 710 g/mol. The summed E-state index contributed by atoms with van der Waals surface area (Å²) < 4.78 is 0.